The summed E-state index contributed by atoms with van der Waals surface area (Å²) in [5, 5.41) is 7.39. The Morgan fingerprint density at radius 3 is 2.67 bits per heavy atom. The van der Waals surface area contributed by atoms with Crippen molar-refractivity contribution in [3.8, 4) is 0 Å². The highest BCUT2D eigenvalue weighted by atomic mass is 16.2. The molecular weight excluding hydrogens is 264 g/mol. The summed E-state index contributed by atoms with van der Waals surface area (Å²) in [5.74, 6) is 0. The average molecular weight is 284 g/mol. The Labute approximate surface area is 124 Å². The first-order chi connectivity index (χ1) is 10.0. The summed E-state index contributed by atoms with van der Waals surface area (Å²) in [6, 6.07) is 7.79. The molecule has 1 aliphatic rings. The van der Waals surface area contributed by atoms with E-state index in [0.29, 0.717) is 6.54 Å². The van der Waals surface area contributed by atoms with E-state index in [1.807, 2.05) is 54.7 Å². The third kappa shape index (κ3) is 2.63. The van der Waals surface area contributed by atoms with Gasteiger partial charge in [0.05, 0.1) is 17.9 Å². The minimum atomic E-state index is -0.0524. The van der Waals surface area contributed by atoms with Gasteiger partial charge in [0, 0.05) is 19.3 Å². The molecule has 3 rings (SSSR count). The number of rotatable bonds is 1. The van der Waals surface area contributed by atoms with Gasteiger partial charge in [-0.3, -0.25) is 4.68 Å². The van der Waals surface area contributed by atoms with Gasteiger partial charge in [0.25, 0.3) is 0 Å². The van der Waals surface area contributed by atoms with E-state index in [0.717, 1.165) is 30.0 Å². The summed E-state index contributed by atoms with van der Waals surface area (Å²) >= 11 is 0. The van der Waals surface area contributed by atoms with Crippen molar-refractivity contribution >= 4 is 11.7 Å². The third-order valence-corrected chi connectivity index (χ3v) is 4.04. The molecule has 2 heterocycles. The third-order valence-electron chi connectivity index (χ3n) is 4.04. The number of aryl methyl sites for hydroxylation is 3. The molecule has 1 aromatic carbocycles. The van der Waals surface area contributed by atoms with Gasteiger partial charge < -0.3 is 10.2 Å². The van der Waals surface area contributed by atoms with Crippen LogP contribution in [0, 0.1) is 13.8 Å². The van der Waals surface area contributed by atoms with Crippen molar-refractivity contribution in [1.82, 2.24) is 14.7 Å². The van der Waals surface area contributed by atoms with Gasteiger partial charge >= 0.3 is 6.03 Å². The number of urea groups is 1. The molecule has 0 spiro atoms. The van der Waals surface area contributed by atoms with Crippen LogP contribution in [0.3, 0.4) is 0 Å². The number of fused-ring (bicyclic) bond motifs is 1. The molecule has 0 fully saturated rings. The SMILES string of the molecule is Cc1ccc(NC(=O)N2CCc3c(C)nn(C)c3C2)cc1. The van der Waals surface area contributed by atoms with E-state index in [4.69, 9.17) is 0 Å². The van der Waals surface area contributed by atoms with Crippen LogP contribution in [0.15, 0.2) is 24.3 Å². The molecule has 5 heteroatoms. The quantitative estimate of drug-likeness (QED) is 0.875. The van der Waals surface area contributed by atoms with Crippen LogP contribution in [0.2, 0.25) is 0 Å². The van der Waals surface area contributed by atoms with Gasteiger partial charge in [0.2, 0.25) is 0 Å². The first kappa shape index (κ1) is 13.7. The van der Waals surface area contributed by atoms with Crippen molar-refractivity contribution in [2.45, 2.75) is 26.8 Å². The number of nitrogens with one attached hydrogen (secondary N) is 1. The van der Waals surface area contributed by atoms with Crippen molar-refractivity contribution in [2.75, 3.05) is 11.9 Å². The molecule has 1 aromatic heterocycles. The predicted octanol–water partition coefficient (Wildman–Crippen LogP) is 2.63. The highest BCUT2D eigenvalue weighted by Crippen LogP contribution is 2.22. The molecule has 2 amide bonds. The Morgan fingerprint density at radius 1 is 1.24 bits per heavy atom. The standard InChI is InChI=1S/C16H20N4O/c1-11-4-6-13(7-5-11)17-16(21)20-9-8-14-12(2)18-19(3)15(14)10-20/h4-7H,8-10H2,1-3H3,(H,17,21). The monoisotopic (exact) mass is 284 g/mol. The van der Waals surface area contributed by atoms with Gasteiger partial charge in [-0.1, -0.05) is 17.7 Å². The lowest BCUT2D eigenvalue weighted by Crippen LogP contribution is -2.39. The molecule has 0 atom stereocenters. The van der Waals surface area contributed by atoms with Gasteiger partial charge in [-0.25, -0.2) is 4.79 Å². The van der Waals surface area contributed by atoms with Crippen LogP contribution in [-0.2, 0) is 20.0 Å². The number of aromatic nitrogens is 2. The van der Waals surface area contributed by atoms with Crippen LogP contribution in [-0.4, -0.2) is 27.3 Å². The second kappa shape index (κ2) is 5.24. The van der Waals surface area contributed by atoms with Crippen LogP contribution in [0.5, 0.6) is 0 Å². The molecule has 5 nitrogen and oxygen atoms in total. The van der Waals surface area contributed by atoms with Gasteiger partial charge in [-0.05, 0) is 38.0 Å². The van der Waals surface area contributed by atoms with Gasteiger partial charge in [-0.15, -0.1) is 0 Å². The summed E-state index contributed by atoms with van der Waals surface area (Å²) in [6.07, 6.45) is 0.871. The molecule has 2 aromatic rings. The smallest absolute Gasteiger partial charge is 0.318 e. The zero-order chi connectivity index (χ0) is 15.0. The largest absolute Gasteiger partial charge is 0.322 e. The van der Waals surface area contributed by atoms with E-state index in [-0.39, 0.29) is 6.03 Å². The lowest BCUT2D eigenvalue weighted by molar-refractivity contribution is 0.204. The van der Waals surface area contributed by atoms with E-state index >= 15 is 0 Å². The highest BCUT2D eigenvalue weighted by molar-refractivity contribution is 5.89. The maximum atomic E-state index is 12.4. The fraction of sp³-hybridized carbons (Fsp3) is 0.375. The van der Waals surface area contributed by atoms with E-state index < -0.39 is 0 Å². The number of anilines is 1. The number of nitrogens with zero attached hydrogens (tertiary/aromatic N) is 3. The fourth-order valence-corrected chi connectivity index (χ4v) is 2.79. The molecule has 0 aliphatic carbocycles. The van der Waals surface area contributed by atoms with Crippen LogP contribution in [0.1, 0.15) is 22.5 Å². The molecule has 1 aliphatic heterocycles. The fourth-order valence-electron chi connectivity index (χ4n) is 2.79. The van der Waals surface area contributed by atoms with Crippen LogP contribution in [0.25, 0.3) is 0 Å². The second-order valence-corrected chi connectivity index (χ2v) is 5.60. The lowest BCUT2D eigenvalue weighted by Gasteiger charge is -2.27. The minimum absolute atomic E-state index is 0.0524. The van der Waals surface area contributed by atoms with Crippen LogP contribution >= 0.6 is 0 Å². The second-order valence-electron chi connectivity index (χ2n) is 5.60. The highest BCUT2D eigenvalue weighted by Gasteiger charge is 2.25. The molecule has 0 unspecified atom stereocenters. The Morgan fingerprint density at radius 2 is 1.95 bits per heavy atom. The Kier molecular flexibility index (Phi) is 3.41. The lowest BCUT2D eigenvalue weighted by atomic mass is 10.1. The number of carbonyl (C=O) groups is 1. The topological polar surface area (TPSA) is 50.2 Å². The average Bonchev–Trinajstić information content (AvgIpc) is 2.76. The Hall–Kier alpha value is -2.30. The van der Waals surface area contributed by atoms with Crippen molar-refractivity contribution in [3.63, 3.8) is 0 Å². The number of hydrogen-bond acceptors (Lipinski definition) is 2. The van der Waals surface area contributed by atoms with E-state index in [2.05, 4.69) is 10.4 Å². The summed E-state index contributed by atoms with van der Waals surface area (Å²) in [4.78, 5) is 14.2. The number of carbonyl (C=O) groups excluding carboxylic acids is 1. The van der Waals surface area contributed by atoms with Crippen molar-refractivity contribution in [2.24, 2.45) is 7.05 Å². The number of hydrogen-bond donors (Lipinski definition) is 1. The molecule has 21 heavy (non-hydrogen) atoms. The summed E-state index contributed by atoms with van der Waals surface area (Å²) in [7, 11) is 1.94. The van der Waals surface area contributed by atoms with Crippen LogP contribution < -0.4 is 5.32 Å². The van der Waals surface area contributed by atoms with Gasteiger partial charge in [-0.2, -0.15) is 5.10 Å². The summed E-state index contributed by atoms with van der Waals surface area (Å²) in [5.41, 5.74) is 5.51. The van der Waals surface area contributed by atoms with Crippen molar-refractivity contribution in [1.29, 1.82) is 0 Å². The minimum Gasteiger partial charge on any atom is -0.318 e. The zero-order valence-corrected chi connectivity index (χ0v) is 12.7. The first-order valence-electron chi connectivity index (χ1n) is 7.18. The predicted molar refractivity (Wildman–Crippen MR) is 82.3 cm³/mol. The van der Waals surface area contributed by atoms with E-state index in [9.17, 15) is 4.79 Å². The molecule has 110 valence electrons. The number of amides is 2. The maximum Gasteiger partial charge on any atom is 0.322 e. The molecule has 0 saturated carbocycles. The summed E-state index contributed by atoms with van der Waals surface area (Å²) < 4.78 is 1.88. The molecule has 0 saturated heterocycles. The van der Waals surface area contributed by atoms with E-state index in [1.54, 1.807) is 0 Å². The Bertz CT molecular complexity index is 672. The van der Waals surface area contributed by atoms with E-state index in [1.165, 1.54) is 11.1 Å². The van der Waals surface area contributed by atoms with Gasteiger partial charge in [0.15, 0.2) is 0 Å². The summed E-state index contributed by atoms with van der Waals surface area (Å²) in [6.45, 7) is 5.41. The van der Waals surface area contributed by atoms with Crippen molar-refractivity contribution < 1.29 is 4.79 Å². The first-order valence-corrected chi connectivity index (χ1v) is 7.18. The maximum absolute atomic E-state index is 12.4. The van der Waals surface area contributed by atoms with Crippen molar-refractivity contribution in [3.05, 3.63) is 46.8 Å². The molecule has 1 N–H and O–H groups in total. The Balaban J connectivity index is 1.72. The van der Waals surface area contributed by atoms with Gasteiger partial charge in [0.1, 0.15) is 0 Å². The normalized spacial score (nSPS) is 14.0. The number of benzene rings is 1. The molecular formula is C16H20N4O. The zero-order valence-electron chi connectivity index (χ0n) is 12.7. The molecule has 0 radical (unpaired) electrons. The van der Waals surface area contributed by atoms with Crippen LogP contribution in [0.4, 0.5) is 10.5 Å². The molecule has 0 bridgehead atoms.